The van der Waals surface area contributed by atoms with Crippen molar-refractivity contribution in [3.05, 3.63) is 23.5 Å². The van der Waals surface area contributed by atoms with Gasteiger partial charge in [0.05, 0.1) is 0 Å². The summed E-state index contributed by atoms with van der Waals surface area (Å²) in [6.07, 6.45) is 7.23. The Morgan fingerprint density at radius 3 is 1.78 bits per heavy atom. The average Bonchev–Trinajstić information content (AvgIpc) is 2.15. The van der Waals surface area contributed by atoms with Gasteiger partial charge in [0, 0.05) is 36.0 Å². The van der Waals surface area contributed by atoms with Crippen LogP contribution in [0.15, 0.2) is 33.5 Å². The van der Waals surface area contributed by atoms with Crippen LogP contribution in [-0.2, 0) is 0 Å². The molecule has 2 heterocycles. The first kappa shape index (κ1) is 6.23. The van der Waals surface area contributed by atoms with Crippen molar-refractivity contribution in [3.63, 3.8) is 0 Å². The van der Waals surface area contributed by atoms with E-state index >= 15 is 0 Å². The van der Waals surface area contributed by atoms with Crippen molar-refractivity contribution >= 4 is 24.8 Å². The summed E-state index contributed by atoms with van der Waals surface area (Å²) in [5.41, 5.74) is 2.26. The van der Waals surface area contributed by atoms with Crippen LogP contribution >= 0.6 is 12.4 Å². The van der Waals surface area contributed by atoms with E-state index < -0.39 is 0 Å². The maximum absolute atomic E-state index is 3.92. The summed E-state index contributed by atoms with van der Waals surface area (Å²) in [6, 6.07) is 0. The molecule has 0 unspecified atom stereocenters. The van der Waals surface area contributed by atoms with E-state index in [1.165, 1.54) is 0 Å². The predicted octanol–water partition coefficient (Wildman–Crippen LogP) is 1.34. The molecule has 0 radical (unpaired) electrons. The van der Waals surface area contributed by atoms with E-state index in [1.54, 1.807) is 0 Å². The van der Waals surface area contributed by atoms with Gasteiger partial charge in [0.2, 0.25) is 0 Å². The third-order valence-electron chi connectivity index (χ3n) is 1.19. The summed E-state index contributed by atoms with van der Waals surface area (Å²) >= 11 is 0. The van der Waals surface area contributed by atoms with Crippen LogP contribution in [0.5, 0.6) is 0 Å². The van der Waals surface area contributed by atoms with Crippen molar-refractivity contribution < 1.29 is 0 Å². The van der Waals surface area contributed by atoms with Gasteiger partial charge in [-0.05, 0) is 0 Å². The highest BCUT2D eigenvalue weighted by atomic mass is 35.5. The van der Waals surface area contributed by atoms with Gasteiger partial charge in [0.15, 0.2) is 0 Å². The first-order chi connectivity index (χ1) is 3.97. The van der Waals surface area contributed by atoms with Crippen LogP contribution in [0.25, 0.3) is 0 Å². The van der Waals surface area contributed by atoms with Crippen molar-refractivity contribution in [2.24, 2.45) is 9.98 Å². The fourth-order valence-electron chi connectivity index (χ4n) is 0.761. The lowest BCUT2D eigenvalue weighted by molar-refractivity contribution is 1.61. The summed E-state index contributed by atoms with van der Waals surface area (Å²) in [5.74, 6) is 0. The Balaban J connectivity index is 0.000000405. The minimum Gasteiger partial charge on any atom is -0.263 e. The molecule has 0 aromatic rings. The normalized spacial score (nSPS) is 18.7. The Hall–Kier alpha value is -0.890. The van der Waals surface area contributed by atoms with E-state index in [9.17, 15) is 0 Å². The van der Waals surface area contributed by atoms with Crippen molar-refractivity contribution in [1.82, 2.24) is 0 Å². The minimum atomic E-state index is 0. The van der Waals surface area contributed by atoms with E-state index in [-0.39, 0.29) is 12.4 Å². The molecule has 46 valence electrons. The molecule has 0 amide bonds. The Bertz CT molecular complexity index is 209. The quantitative estimate of drug-likeness (QED) is 0.485. The third kappa shape index (κ3) is 0.813. The number of allylic oxidation sites excluding steroid dienone is 2. The molecule has 0 N–H and O–H groups in total. The summed E-state index contributed by atoms with van der Waals surface area (Å²) in [5, 5.41) is 0. The molecule has 0 fully saturated rings. The molecule has 0 saturated carbocycles. The molecule has 9 heavy (non-hydrogen) atoms. The number of fused-ring (bicyclic) bond motifs is 1. The van der Waals surface area contributed by atoms with Gasteiger partial charge in [0.25, 0.3) is 0 Å². The highest BCUT2D eigenvalue weighted by Crippen LogP contribution is 2.15. The van der Waals surface area contributed by atoms with Crippen molar-refractivity contribution in [1.29, 1.82) is 0 Å². The molecule has 2 nitrogen and oxygen atoms in total. The van der Waals surface area contributed by atoms with E-state index in [4.69, 9.17) is 0 Å². The Labute approximate surface area is 59.1 Å². The van der Waals surface area contributed by atoms with Gasteiger partial charge in [-0.2, -0.15) is 0 Å². The zero-order valence-electron chi connectivity index (χ0n) is 4.61. The molecule has 0 saturated heterocycles. The molecule has 0 atom stereocenters. The number of rotatable bonds is 0. The number of hydrogen-bond donors (Lipinski definition) is 0. The van der Waals surface area contributed by atoms with Gasteiger partial charge in [-0.15, -0.1) is 12.4 Å². The average molecular weight is 141 g/mol. The van der Waals surface area contributed by atoms with Crippen LogP contribution in [0.1, 0.15) is 0 Å². The molecule has 0 aliphatic carbocycles. The minimum absolute atomic E-state index is 0. The smallest absolute Gasteiger partial charge is 0.0363 e. The first-order valence-corrected chi connectivity index (χ1v) is 2.44. The summed E-state index contributed by atoms with van der Waals surface area (Å²) in [4.78, 5) is 7.84. The van der Waals surface area contributed by atoms with Crippen LogP contribution in [-0.4, -0.2) is 12.4 Å². The maximum atomic E-state index is 3.92. The fraction of sp³-hybridized carbons (Fsp3) is 0. The Morgan fingerprint density at radius 2 is 1.33 bits per heavy atom. The van der Waals surface area contributed by atoms with Crippen LogP contribution in [0.3, 0.4) is 0 Å². The van der Waals surface area contributed by atoms with Gasteiger partial charge >= 0.3 is 0 Å². The van der Waals surface area contributed by atoms with Gasteiger partial charge in [-0.1, -0.05) is 0 Å². The first-order valence-electron chi connectivity index (χ1n) is 2.44. The lowest BCUT2D eigenvalue weighted by Gasteiger charge is -1.80. The van der Waals surface area contributed by atoms with Crippen LogP contribution in [0.2, 0.25) is 0 Å². The maximum Gasteiger partial charge on any atom is 0.0363 e. The number of aliphatic imine (C=N–C) groups is 2. The molecular formula is C6H5ClN2. The van der Waals surface area contributed by atoms with Crippen molar-refractivity contribution in [2.75, 3.05) is 0 Å². The zero-order chi connectivity index (χ0) is 5.40. The van der Waals surface area contributed by atoms with Crippen molar-refractivity contribution in [3.8, 4) is 0 Å². The largest absolute Gasteiger partial charge is 0.263 e. The van der Waals surface area contributed by atoms with Gasteiger partial charge < -0.3 is 0 Å². The van der Waals surface area contributed by atoms with Crippen LogP contribution in [0, 0.1) is 0 Å². The standard InChI is InChI=1S/C6H4N2.ClH/c1-5-2-8-4-6(5)3-7-1;/h1-4H;1H. The molecule has 0 spiro atoms. The molecule has 2 aliphatic heterocycles. The second-order valence-electron chi connectivity index (χ2n) is 1.73. The van der Waals surface area contributed by atoms with Gasteiger partial charge in [-0.25, -0.2) is 0 Å². The monoisotopic (exact) mass is 140 g/mol. The van der Waals surface area contributed by atoms with Crippen molar-refractivity contribution in [2.45, 2.75) is 0 Å². The second-order valence-corrected chi connectivity index (χ2v) is 1.73. The molecular weight excluding hydrogens is 136 g/mol. The summed E-state index contributed by atoms with van der Waals surface area (Å²) in [7, 11) is 0. The molecule has 0 aromatic heterocycles. The molecule has 3 heteroatoms. The van der Waals surface area contributed by atoms with Gasteiger partial charge in [-0.3, -0.25) is 9.98 Å². The third-order valence-corrected chi connectivity index (χ3v) is 1.19. The lowest BCUT2D eigenvalue weighted by atomic mass is 10.2. The van der Waals surface area contributed by atoms with E-state index in [0.717, 1.165) is 11.1 Å². The Morgan fingerprint density at radius 1 is 0.889 bits per heavy atom. The molecule has 0 aromatic carbocycles. The van der Waals surface area contributed by atoms with Gasteiger partial charge in [0.1, 0.15) is 0 Å². The number of hydrogen-bond acceptors (Lipinski definition) is 2. The molecule has 0 bridgehead atoms. The highest BCUT2D eigenvalue weighted by molar-refractivity contribution is 6.04. The fourth-order valence-corrected chi connectivity index (χ4v) is 0.761. The van der Waals surface area contributed by atoms with E-state index in [0.29, 0.717) is 0 Å². The Kier molecular flexibility index (Phi) is 1.49. The topological polar surface area (TPSA) is 24.7 Å². The lowest BCUT2D eigenvalue weighted by Crippen LogP contribution is -1.78. The summed E-state index contributed by atoms with van der Waals surface area (Å²) < 4.78 is 0. The second kappa shape index (κ2) is 2.15. The molecule has 2 rings (SSSR count). The van der Waals surface area contributed by atoms with E-state index in [1.807, 2.05) is 24.8 Å². The zero-order valence-corrected chi connectivity index (χ0v) is 5.43. The summed E-state index contributed by atoms with van der Waals surface area (Å²) in [6.45, 7) is 0. The van der Waals surface area contributed by atoms with Crippen LogP contribution < -0.4 is 0 Å². The van der Waals surface area contributed by atoms with Crippen LogP contribution in [0.4, 0.5) is 0 Å². The number of nitrogens with zero attached hydrogens (tertiary/aromatic N) is 2. The molecule has 2 aliphatic rings. The predicted molar refractivity (Wildman–Crippen MR) is 40.4 cm³/mol. The highest BCUT2D eigenvalue weighted by Gasteiger charge is 2.07. The SMILES string of the molecule is C1=NC=C2C=NC=C12.Cl. The van der Waals surface area contributed by atoms with E-state index in [2.05, 4.69) is 9.98 Å². The number of halogens is 1.